The third-order valence-corrected chi connectivity index (χ3v) is 4.96. The monoisotopic (exact) mass is 410 g/mol. The highest BCUT2D eigenvalue weighted by Gasteiger charge is 2.19. The lowest BCUT2D eigenvalue weighted by molar-refractivity contribution is -0.132. The standard InChI is InChI=1S/C22H23ClN4O2/c1-15-20(16(2)27(25-15)19-7-5-4-6-8-19)13-22(29)26(3)14-21(28)24-18-11-9-17(23)10-12-18/h4-12H,13-14H2,1-3H3,(H,24,28). The summed E-state index contributed by atoms with van der Waals surface area (Å²) in [5.74, 6) is -0.410. The van der Waals surface area contributed by atoms with E-state index in [0.29, 0.717) is 10.7 Å². The van der Waals surface area contributed by atoms with E-state index < -0.39 is 0 Å². The summed E-state index contributed by atoms with van der Waals surface area (Å²) in [5.41, 5.74) is 4.18. The number of aromatic nitrogens is 2. The van der Waals surface area contributed by atoms with Crippen LogP contribution in [-0.2, 0) is 16.0 Å². The molecule has 0 unspecified atom stereocenters. The van der Waals surface area contributed by atoms with Crippen LogP contribution in [0.25, 0.3) is 5.69 Å². The number of amides is 2. The van der Waals surface area contributed by atoms with Crippen LogP contribution in [0.1, 0.15) is 17.0 Å². The number of carbonyl (C=O) groups is 2. The molecule has 0 fully saturated rings. The van der Waals surface area contributed by atoms with Gasteiger partial charge in [-0.25, -0.2) is 4.68 Å². The fourth-order valence-electron chi connectivity index (χ4n) is 3.07. The lowest BCUT2D eigenvalue weighted by Crippen LogP contribution is -2.36. The van der Waals surface area contributed by atoms with E-state index in [-0.39, 0.29) is 24.8 Å². The Morgan fingerprint density at radius 2 is 1.72 bits per heavy atom. The van der Waals surface area contributed by atoms with Gasteiger partial charge in [0.2, 0.25) is 11.8 Å². The van der Waals surface area contributed by atoms with Gasteiger partial charge in [-0.15, -0.1) is 0 Å². The van der Waals surface area contributed by atoms with Crippen LogP contribution in [-0.4, -0.2) is 40.1 Å². The van der Waals surface area contributed by atoms with Gasteiger partial charge in [0.1, 0.15) is 0 Å². The van der Waals surface area contributed by atoms with Gasteiger partial charge >= 0.3 is 0 Å². The van der Waals surface area contributed by atoms with E-state index in [2.05, 4.69) is 10.4 Å². The molecule has 0 aliphatic rings. The molecule has 2 amide bonds. The van der Waals surface area contributed by atoms with Crippen molar-refractivity contribution < 1.29 is 9.59 Å². The van der Waals surface area contributed by atoms with Crippen LogP contribution >= 0.6 is 11.6 Å². The van der Waals surface area contributed by atoms with Crippen LogP contribution in [0.5, 0.6) is 0 Å². The number of benzene rings is 2. The smallest absolute Gasteiger partial charge is 0.243 e. The van der Waals surface area contributed by atoms with Crippen LogP contribution < -0.4 is 5.32 Å². The van der Waals surface area contributed by atoms with Gasteiger partial charge < -0.3 is 10.2 Å². The van der Waals surface area contributed by atoms with Crippen molar-refractivity contribution in [2.45, 2.75) is 20.3 Å². The Morgan fingerprint density at radius 1 is 1.07 bits per heavy atom. The summed E-state index contributed by atoms with van der Waals surface area (Å²) in [6.07, 6.45) is 0.190. The quantitative estimate of drug-likeness (QED) is 0.672. The average Bonchev–Trinajstić information content (AvgIpc) is 2.98. The molecule has 6 nitrogen and oxygen atoms in total. The molecule has 29 heavy (non-hydrogen) atoms. The molecule has 0 saturated carbocycles. The highest BCUT2D eigenvalue weighted by atomic mass is 35.5. The van der Waals surface area contributed by atoms with Gasteiger partial charge in [-0.1, -0.05) is 29.8 Å². The molecule has 0 saturated heterocycles. The predicted octanol–water partition coefficient (Wildman–Crippen LogP) is 3.78. The first kappa shape index (κ1) is 20.6. The van der Waals surface area contributed by atoms with Crippen molar-refractivity contribution in [3.63, 3.8) is 0 Å². The second-order valence-corrected chi connectivity index (χ2v) is 7.31. The Morgan fingerprint density at radius 3 is 2.38 bits per heavy atom. The van der Waals surface area contributed by atoms with Gasteiger partial charge in [0.05, 0.1) is 24.3 Å². The number of hydrogen-bond donors (Lipinski definition) is 1. The molecule has 7 heteroatoms. The van der Waals surface area contributed by atoms with E-state index in [4.69, 9.17) is 11.6 Å². The molecule has 1 heterocycles. The fourth-order valence-corrected chi connectivity index (χ4v) is 3.20. The van der Waals surface area contributed by atoms with E-state index in [0.717, 1.165) is 22.6 Å². The first-order valence-electron chi connectivity index (χ1n) is 9.25. The van der Waals surface area contributed by atoms with Gasteiger partial charge in [0.15, 0.2) is 0 Å². The molecule has 3 aromatic rings. The summed E-state index contributed by atoms with van der Waals surface area (Å²) in [4.78, 5) is 26.3. The van der Waals surface area contributed by atoms with Crippen LogP contribution in [0.4, 0.5) is 5.69 Å². The molecule has 150 valence electrons. The second-order valence-electron chi connectivity index (χ2n) is 6.88. The fraction of sp³-hybridized carbons (Fsp3) is 0.227. The predicted molar refractivity (Wildman–Crippen MR) is 114 cm³/mol. The summed E-state index contributed by atoms with van der Waals surface area (Å²) >= 11 is 5.85. The zero-order valence-electron chi connectivity index (χ0n) is 16.6. The molecule has 0 bridgehead atoms. The maximum atomic E-state index is 12.7. The van der Waals surface area contributed by atoms with Crippen molar-refractivity contribution in [2.24, 2.45) is 0 Å². The Kier molecular flexibility index (Phi) is 6.34. The Labute approximate surface area is 175 Å². The van der Waals surface area contributed by atoms with E-state index >= 15 is 0 Å². The maximum Gasteiger partial charge on any atom is 0.243 e. The van der Waals surface area contributed by atoms with Gasteiger partial charge in [0, 0.05) is 29.0 Å². The number of nitrogens with one attached hydrogen (secondary N) is 1. The lowest BCUT2D eigenvalue weighted by Gasteiger charge is -2.17. The highest BCUT2D eigenvalue weighted by molar-refractivity contribution is 6.30. The van der Waals surface area contributed by atoms with Crippen LogP contribution in [0.2, 0.25) is 5.02 Å². The molecular weight excluding hydrogens is 388 g/mol. The average molecular weight is 411 g/mol. The summed E-state index contributed by atoms with van der Waals surface area (Å²) in [6.45, 7) is 3.80. The van der Waals surface area contributed by atoms with Crippen LogP contribution in [0.15, 0.2) is 54.6 Å². The number of rotatable bonds is 6. The number of halogens is 1. The minimum absolute atomic E-state index is 0.0353. The Bertz CT molecular complexity index is 1010. The highest BCUT2D eigenvalue weighted by Crippen LogP contribution is 2.19. The molecule has 2 aromatic carbocycles. The zero-order valence-corrected chi connectivity index (χ0v) is 17.4. The molecule has 1 N–H and O–H groups in total. The topological polar surface area (TPSA) is 67.2 Å². The van der Waals surface area contributed by atoms with Crippen LogP contribution in [0, 0.1) is 13.8 Å². The van der Waals surface area contributed by atoms with Crippen molar-refractivity contribution >= 4 is 29.1 Å². The molecule has 0 aliphatic heterocycles. The van der Waals surface area contributed by atoms with Gasteiger partial charge in [-0.2, -0.15) is 5.10 Å². The normalized spacial score (nSPS) is 10.6. The maximum absolute atomic E-state index is 12.7. The van der Waals surface area contributed by atoms with Gasteiger partial charge in [-0.05, 0) is 50.2 Å². The molecule has 0 radical (unpaired) electrons. The van der Waals surface area contributed by atoms with Crippen molar-refractivity contribution in [3.05, 3.63) is 76.6 Å². The molecule has 1 aromatic heterocycles. The largest absolute Gasteiger partial charge is 0.336 e. The van der Waals surface area contributed by atoms with Crippen molar-refractivity contribution in [1.29, 1.82) is 0 Å². The van der Waals surface area contributed by atoms with E-state index in [1.807, 2.05) is 48.9 Å². The molecular formula is C22H23ClN4O2. The van der Waals surface area contributed by atoms with E-state index in [1.165, 1.54) is 4.90 Å². The van der Waals surface area contributed by atoms with Crippen molar-refractivity contribution in [3.8, 4) is 5.69 Å². The number of nitrogens with zero attached hydrogens (tertiary/aromatic N) is 3. The number of aryl methyl sites for hydroxylation is 1. The Hall–Kier alpha value is -3.12. The molecule has 0 atom stereocenters. The van der Waals surface area contributed by atoms with Gasteiger partial charge in [0.25, 0.3) is 0 Å². The summed E-state index contributed by atoms with van der Waals surface area (Å²) < 4.78 is 1.84. The number of anilines is 1. The summed E-state index contributed by atoms with van der Waals surface area (Å²) in [7, 11) is 1.62. The SMILES string of the molecule is Cc1nn(-c2ccccc2)c(C)c1CC(=O)N(C)CC(=O)Nc1ccc(Cl)cc1. The number of likely N-dealkylation sites (N-methyl/N-ethyl adjacent to an activating group) is 1. The van der Waals surface area contributed by atoms with E-state index in [1.54, 1.807) is 31.3 Å². The van der Waals surface area contributed by atoms with Gasteiger partial charge in [-0.3, -0.25) is 9.59 Å². The summed E-state index contributed by atoms with van der Waals surface area (Å²) in [5, 5.41) is 7.93. The third-order valence-electron chi connectivity index (χ3n) is 4.70. The second kappa shape index (κ2) is 8.92. The number of para-hydroxylation sites is 1. The molecule has 3 rings (SSSR count). The third kappa shape index (κ3) is 5.03. The minimum Gasteiger partial charge on any atom is -0.336 e. The molecule has 0 spiro atoms. The molecule has 0 aliphatic carbocycles. The van der Waals surface area contributed by atoms with E-state index in [9.17, 15) is 9.59 Å². The number of carbonyl (C=O) groups excluding carboxylic acids is 2. The van der Waals surface area contributed by atoms with Crippen molar-refractivity contribution in [1.82, 2.24) is 14.7 Å². The Balaban J connectivity index is 1.64. The zero-order chi connectivity index (χ0) is 21.0. The van der Waals surface area contributed by atoms with Crippen LogP contribution in [0.3, 0.4) is 0 Å². The first-order chi connectivity index (χ1) is 13.8. The minimum atomic E-state index is -0.267. The van der Waals surface area contributed by atoms with Crippen molar-refractivity contribution in [2.75, 3.05) is 18.9 Å². The summed E-state index contributed by atoms with van der Waals surface area (Å²) in [6, 6.07) is 16.6. The number of hydrogen-bond acceptors (Lipinski definition) is 3. The lowest BCUT2D eigenvalue weighted by atomic mass is 10.1. The first-order valence-corrected chi connectivity index (χ1v) is 9.63.